The van der Waals surface area contributed by atoms with E-state index in [1.54, 1.807) is 11.7 Å². The Morgan fingerprint density at radius 3 is 2.67 bits per heavy atom. The topological polar surface area (TPSA) is 67.1 Å². The molecule has 0 aliphatic rings. The van der Waals surface area contributed by atoms with Gasteiger partial charge in [-0.05, 0) is 24.6 Å². The van der Waals surface area contributed by atoms with Crippen molar-refractivity contribution in [1.82, 2.24) is 25.4 Å². The Morgan fingerprint density at radius 1 is 1.38 bits per heavy atom. The van der Waals surface area contributed by atoms with Gasteiger partial charge in [0.15, 0.2) is 5.96 Å². The first-order chi connectivity index (χ1) is 10.1. The smallest absolute Gasteiger partial charge is 0.191 e. The van der Waals surface area contributed by atoms with E-state index in [4.69, 9.17) is 11.6 Å². The van der Waals surface area contributed by atoms with Crippen molar-refractivity contribution >= 4 is 17.6 Å². The molecule has 21 heavy (non-hydrogen) atoms. The molecule has 0 aliphatic carbocycles. The fraction of sp³-hybridized carbons (Fsp3) is 0.357. The van der Waals surface area contributed by atoms with Crippen molar-refractivity contribution in [3.63, 3.8) is 0 Å². The zero-order valence-electron chi connectivity index (χ0n) is 12.3. The Hall–Kier alpha value is -2.08. The molecule has 1 aromatic heterocycles. The maximum absolute atomic E-state index is 5.90. The van der Waals surface area contributed by atoms with Crippen molar-refractivity contribution < 1.29 is 0 Å². The van der Waals surface area contributed by atoms with Gasteiger partial charge in [-0.2, -0.15) is 5.10 Å². The van der Waals surface area contributed by atoms with Crippen LogP contribution in [0.3, 0.4) is 0 Å². The van der Waals surface area contributed by atoms with Gasteiger partial charge >= 0.3 is 0 Å². The number of guanidine groups is 1. The zero-order chi connectivity index (χ0) is 15.2. The van der Waals surface area contributed by atoms with Crippen molar-refractivity contribution in [1.29, 1.82) is 0 Å². The largest absolute Gasteiger partial charge is 0.350 e. The Balaban J connectivity index is 1.93. The van der Waals surface area contributed by atoms with E-state index in [-0.39, 0.29) is 6.04 Å². The van der Waals surface area contributed by atoms with Crippen molar-refractivity contribution in [3.05, 3.63) is 47.0 Å². The van der Waals surface area contributed by atoms with Crippen molar-refractivity contribution in [2.45, 2.75) is 19.5 Å². The molecule has 0 saturated heterocycles. The molecule has 6 nitrogen and oxygen atoms in total. The van der Waals surface area contributed by atoms with Gasteiger partial charge in [0.1, 0.15) is 12.2 Å². The number of nitrogens with zero attached hydrogens (tertiary/aromatic N) is 4. The van der Waals surface area contributed by atoms with Crippen molar-refractivity contribution in [2.75, 3.05) is 7.05 Å². The molecule has 1 aromatic carbocycles. The van der Waals surface area contributed by atoms with Crippen LogP contribution in [0.4, 0.5) is 0 Å². The standard InChI is InChI=1S/C14H19ClN6/c1-10(11-4-6-12(15)7-5-11)20-14(16-2)17-8-13-18-9-19-21(13)3/h4-7,9-10H,8H2,1-3H3,(H2,16,17,20). The van der Waals surface area contributed by atoms with Gasteiger partial charge < -0.3 is 10.6 Å². The van der Waals surface area contributed by atoms with Crippen molar-refractivity contribution in [2.24, 2.45) is 12.0 Å². The predicted molar refractivity (Wildman–Crippen MR) is 84.2 cm³/mol. The molecule has 1 heterocycles. The number of aryl methyl sites for hydroxylation is 1. The van der Waals surface area contributed by atoms with Crippen LogP contribution in [0.2, 0.25) is 5.02 Å². The predicted octanol–water partition coefficient (Wildman–Crippen LogP) is 1.89. The molecule has 112 valence electrons. The summed E-state index contributed by atoms with van der Waals surface area (Å²) in [5, 5.41) is 11.3. The number of hydrogen-bond acceptors (Lipinski definition) is 3. The van der Waals surface area contributed by atoms with Gasteiger partial charge in [-0.3, -0.25) is 9.67 Å². The number of hydrogen-bond donors (Lipinski definition) is 2. The second-order valence-corrected chi connectivity index (χ2v) is 5.08. The number of aliphatic imine (C=N–C) groups is 1. The molecule has 2 aromatic rings. The van der Waals surface area contributed by atoms with Gasteiger partial charge in [0.2, 0.25) is 0 Å². The molecule has 0 aliphatic heterocycles. The number of aromatic nitrogens is 3. The zero-order valence-corrected chi connectivity index (χ0v) is 13.1. The number of rotatable bonds is 4. The number of nitrogens with one attached hydrogen (secondary N) is 2. The molecular formula is C14H19ClN6. The quantitative estimate of drug-likeness (QED) is 0.669. The summed E-state index contributed by atoms with van der Waals surface area (Å²) in [6, 6.07) is 7.87. The fourth-order valence-corrected chi connectivity index (χ4v) is 2.00. The highest BCUT2D eigenvalue weighted by Gasteiger charge is 2.08. The van der Waals surface area contributed by atoms with Crippen molar-refractivity contribution in [3.8, 4) is 0 Å². The Kier molecular flexibility index (Phi) is 5.16. The SMILES string of the molecule is CN=C(NCc1ncnn1C)NC(C)c1ccc(Cl)cc1. The molecule has 0 spiro atoms. The molecule has 7 heteroatoms. The second-order valence-electron chi connectivity index (χ2n) is 4.64. The minimum Gasteiger partial charge on any atom is -0.350 e. The summed E-state index contributed by atoms with van der Waals surface area (Å²) in [6.45, 7) is 2.63. The molecule has 0 saturated carbocycles. The molecule has 0 radical (unpaired) electrons. The molecule has 0 fully saturated rings. The lowest BCUT2D eigenvalue weighted by Crippen LogP contribution is -2.38. The molecule has 1 atom stereocenters. The minimum atomic E-state index is 0.118. The van der Waals surface area contributed by atoms with Crippen LogP contribution in [0, 0.1) is 0 Å². The van der Waals surface area contributed by atoms with Gasteiger partial charge in [-0.15, -0.1) is 0 Å². The number of halogens is 1. The van der Waals surface area contributed by atoms with Crippen LogP contribution in [-0.2, 0) is 13.6 Å². The van der Waals surface area contributed by atoms with Crippen LogP contribution < -0.4 is 10.6 Å². The van der Waals surface area contributed by atoms with E-state index >= 15 is 0 Å². The average molecular weight is 307 g/mol. The van der Waals surface area contributed by atoms with Gasteiger partial charge in [0, 0.05) is 19.1 Å². The molecule has 2 rings (SSSR count). The summed E-state index contributed by atoms with van der Waals surface area (Å²) < 4.78 is 1.73. The van der Waals surface area contributed by atoms with Gasteiger partial charge in [-0.25, -0.2) is 4.98 Å². The summed E-state index contributed by atoms with van der Waals surface area (Å²) >= 11 is 5.90. The van der Waals surface area contributed by atoms with E-state index in [2.05, 4.69) is 32.6 Å². The molecule has 0 amide bonds. The summed E-state index contributed by atoms with van der Waals surface area (Å²) in [4.78, 5) is 8.37. The van der Waals surface area contributed by atoms with E-state index < -0.39 is 0 Å². The van der Waals surface area contributed by atoms with E-state index in [9.17, 15) is 0 Å². The van der Waals surface area contributed by atoms with Crippen LogP contribution in [0.25, 0.3) is 0 Å². The van der Waals surface area contributed by atoms with E-state index in [1.165, 1.54) is 6.33 Å². The van der Waals surface area contributed by atoms with Crippen LogP contribution in [0.15, 0.2) is 35.6 Å². The molecule has 1 unspecified atom stereocenters. The van der Waals surface area contributed by atoms with Gasteiger partial charge in [0.25, 0.3) is 0 Å². The Labute approximate surface area is 129 Å². The summed E-state index contributed by atoms with van der Waals surface area (Å²) in [7, 11) is 3.59. The normalized spacial score (nSPS) is 13.0. The first kappa shape index (κ1) is 15.3. The lowest BCUT2D eigenvalue weighted by atomic mass is 10.1. The molecular weight excluding hydrogens is 288 g/mol. The third-order valence-corrected chi connectivity index (χ3v) is 3.42. The second kappa shape index (κ2) is 7.08. The average Bonchev–Trinajstić information content (AvgIpc) is 2.89. The van der Waals surface area contributed by atoms with Crippen LogP contribution in [0.1, 0.15) is 24.4 Å². The first-order valence-electron chi connectivity index (χ1n) is 6.65. The summed E-state index contributed by atoms with van der Waals surface area (Å²) in [5.74, 6) is 1.55. The maximum atomic E-state index is 5.90. The highest BCUT2D eigenvalue weighted by Crippen LogP contribution is 2.15. The van der Waals surface area contributed by atoms with Crippen LogP contribution in [-0.4, -0.2) is 27.8 Å². The monoisotopic (exact) mass is 306 g/mol. The Bertz CT molecular complexity index is 604. The lowest BCUT2D eigenvalue weighted by molar-refractivity contribution is 0.651. The van der Waals surface area contributed by atoms with E-state index in [1.807, 2.05) is 31.3 Å². The minimum absolute atomic E-state index is 0.118. The van der Waals surface area contributed by atoms with Gasteiger partial charge in [-0.1, -0.05) is 23.7 Å². The highest BCUT2D eigenvalue weighted by atomic mass is 35.5. The fourth-order valence-electron chi connectivity index (χ4n) is 1.88. The lowest BCUT2D eigenvalue weighted by Gasteiger charge is -2.18. The van der Waals surface area contributed by atoms with E-state index in [0.717, 1.165) is 16.4 Å². The highest BCUT2D eigenvalue weighted by molar-refractivity contribution is 6.30. The number of benzene rings is 1. The summed E-state index contributed by atoms with van der Waals surface area (Å²) in [5.41, 5.74) is 1.14. The third kappa shape index (κ3) is 4.19. The maximum Gasteiger partial charge on any atom is 0.191 e. The van der Waals surface area contributed by atoms with Gasteiger partial charge in [0.05, 0.1) is 12.6 Å². The first-order valence-corrected chi connectivity index (χ1v) is 7.03. The van der Waals surface area contributed by atoms with E-state index in [0.29, 0.717) is 12.5 Å². The Morgan fingerprint density at radius 2 is 2.10 bits per heavy atom. The molecule has 0 bridgehead atoms. The molecule has 2 N–H and O–H groups in total. The summed E-state index contributed by atoms with van der Waals surface area (Å²) in [6.07, 6.45) is 1.53. The van der Waals surface area contributed by atoms with Crippen LogP contribution >= 0.6 is 11.6 Å². The van der Waals surface area contributed by atoms with Crippen LogP contribution in [0.5, 0.6) is 0 Å². The third-order valence-electron chi connectivity index (χ3n) is 3.17.